The van der Waals surface area contributed by atoms with Crippen LogP contribution in [0.3, 0.4) is 0 Å². The quantitative estimate of drug-likeness (QED) is 0.891. The Hall–Kier alpha value is -1.59. The Morgan fingerprint density at radius 1 is 1.05 bits per heavy atom. The third-order valence-electron chi connectivity index (χ3n) is 2.86. The van der Waals surface area contributed by atoms with E-state index < -0.39 is 0 Å². The average Bonchev–Trinajstić information content (AvgIpc) is 2.83. The third-order valence-corrected chi connectivity index (χ3v) is 4.52. The van der Waals surface area contributed by atoms with Gasteiger partial charge < -0.3 is 5.32 Å². The molecule has 0 bridgehead atoms. The van der Waals surface area contributed by atoms with E-state index in [2.05, 4.69) is 26.2 Å². The van der Waals surface area contributed by atoms with Crippen LogP contribution in [0.15, 0.2) is 64.1 Å². The number of carbonyl (C=O) groups excluding carboxylic acids is 1. The molecule has 3 nitrogen and oxygen atoms in total. The first kappa shape index (κ1) is 13.4. The lowest BCUT2D eigenvalue weighted by Gasteiger charge is -2.03. The van der Waals surface area contributed by atoms with E-state index in [1.54, 1.807) is 0 Å². The molecule has 2 aromatic rings. The first-order valence-electron chi connectivity index (χ1n) is 6.09. The Morgan fingerprint density at radius 3 is 2.45 bits per heavy atom. The van der Waals surface area contributed by atoms with Crippen molar-refractivity contribution in [1.29, 1.82) is 0 Å². The van der Waals surface area contributed by atoms with Crippen molar-refractivity contribution in [1.82, 2.24) is 5.32 Å². The Kier molecular flexibility index (Phi) is 3.89. The van der Waals surface area contributed by atoms with E-state index in [1.165, 1.54) is 11.8 Å². The lowest BCUT2D eigenvalue weighted by atomic mass is 10.1. The molecule has 0 saturated carbocycles. The van der Waals surface area contributed by atoms with Crippen molar-refractivity contribution >= 4 is 44.5 Å². The number of nitrogens with one attached hydrogen (secondary N) is 1. The van der Waals surface area contributed by atoms with Crippen LogP contribution in [-0.2, 0) is 4.79 Å². The van der Waals surface area contributed by atoms with Crippen molar-refractivity contribution < 1.29 is 4.79 Å². The van der Waals surface area contributed by atoms with Crippen LogP contribution in [0.4, 0.5) is 5.69 Å². The molecule has 100 valence electrons. The van der Waals surface area contributed by atoms with Gasteiger partial charge in [-0.25, -0.2) is 4.99 Å². The van der Waals surface area contributed by atoms with Gasteiger partial charge in [-0.2, -0.15) is 0 Å². The van der Waals surface area contributed by atoms with Crippen molar-refractivity contribution in [2.24, 2.45) is 4.99 Å². The fourth-order valence-electron chi connectivity index (χ4n) is 1.90. The number of halogens is 1. The maximum atomic E-state index is 12.0. The average molecular weight is 347 g/mol. The molecule has 3 rings (SSSR count). The number of nitrogens with zero attached hydrogens (tertiary/aromatic N) is 1. The predicted octanol–water partition coefficient (Wildman–Crippen LogP) is 4.04. The van der Waals surface area contributed by atoms with Crippen molar-refractivity contribution in [2.75, 3.05) is 0 Å². The maximum absolute atomic E-state index is 12.0. The number of thioether (sulfide) groups is 1. The summed E-state index contributed by atoms with van der Waals surface area (Å²) in [6.07, 6.45) is 0. The molecule has 0 aliphatic carbocycles. The van der Waals surface area contributed by atoms with Gasteiger partial charge in [-0.3, -0.25) is 4.79 Å². The van der Waals surface area contributed by atoms with Crippen molar-refractivity contribution in [2.45, 2.75) is 5.25 Å². The largest absolute Gasteiger partial charge is 0.304 e. The standard InChI is InChI=1S/C15H11BrN2OS/c16-11-6-8-12(9-7-11)17-15-18-14(19)13(20-15)10-4-2-1-3-5-10/h1-9,13H,(H,17,18,19). The van der Waals surface area contributed by atoms with Crippen LogP contribution < -0.4 is 5.32 Å². The highest BCUT2D eigenvalue weighted by Crippen LogP contribution is 2.35. The van der Waals surface area contributed by atoms with E-state index in [4.69, 9.17) is 0 Å². The highest BCUT2D eigenvalue weighted by molar-refractivity contribution is 9.10. The van der Waals surface area contributed by atoms with E-state index >= 15 is 0 Å². The summed E-state index contributed by atoms with van der Waals surface area (Å²) in [5.41, 5.74) is 1.82. The van der Waals surface area contributed by atoms with Crippen LogP contribution in [0.2, 0.25) is 0 Å². The summed E-state index contributed by atoms with van der Waals surface area (Å²) in [5, 5.41) is 3.26. The van der Waals surface area contributed by atoms with Gasteiger partial charge in [0.15, 0.2) is 5.17 Å². The molecule has 1 heterocycles. The number of aliphatic imine (C=N–C) groups is 1. The molecule has 1 atom stereocenters. The zero-order valence-electron chi connectivity index (χ0n) is 10.4. The minimum atomic E-state index is -0.217. The van der Waals surface area contributed by atoms with E-state index in [9.17, 15) is 4.79 Å². The van der Waals surface area contributed by atoms with Gasteiger partial charge in [0.1, 0.15) is 5.25 Å². The number of carbonyl (C=O) groups is 1. The number of benzene rings is 2. The third kappa shape index (κ3) is 2.94. The number of hydrogen-bond acceptors (Lipinski definition) is 3. The summed E-state index contributed by atoms with van der Waals surface area (Å²) < 4.78 is 1.01. The number of amides is 1. The van der Waals surface area contributed by atoms with Crippen molar-refractivity contribution in [3.05, 3.63) is 64.6 Å². The summed E-state index contributed by atoms with van der Waals surface area (Å²) in [6, 6.07) is 17.4. The molecule has 1 unspecified atom stereocenters. The van der Waals surface area contributed by atoms with Gasteiger partial charge in [-0.1, -0.05) is 58.0 Å². The van der Waals surface area contributed by atoms with Crippen LogP contribution in [0, 0.1) is 0 Å². The Balaban J connectivity index is 1.81. The summed E-state index contributed by atoms with van der Waals surface area (Å²) in [4.78, 5) is 16.5. The molecule has 1 fully saturated rings. The smallest absolute Gasteiger partial charge is 0.244 e. The van der Waals surface area contributed by atoms with Gasteiger partial charge in [-0.15, -0.1) is 0 Å². The Morgan fingerprint density at radius 2 is 1.75 bits per heavy atom. The zero-order valence-corrected chi connectivity index (χ0v) is 12.8. The highest BCUT2D eigenvalue weighted by atomic mass is 79.9. The molecule has 1 aliphatic heterocycles. The Bertz CT molecular complexity index is 655. The molecule has 0 aromatic heterocycles. The normalized spacial score (nSPS) is 20.1. The molecule has 0 spiro atoms. The van der Waals surface area contributed by atoms with Crippen LogP contribution in [-0.4, -0.2) is 11.1 Å². The molecule has 1 aliphatic rings. The monoisotopic (exact) mass is 346 g/mol. The Labute approximate surface area is 129 Å². The topological polar surface area (TPSA) is 41.5 Å². The molecule has 1 N–H and O–H groups in total. The molecular weight excluding hydrogens is 336 g/mol. The molecule has 1 amide bonds. The van der Waals surface area contributed by atoms with Gasteiger partial charge in [0.2, 0.25) is 5.91 Å². The second-order valence-electron chi connectivity index (χ2n) is 4.29. The van der Waals surface area contributed by atoms with Crippen LogP contribution in [0.25, 0.3) is 0 Å². The van der Waals surface area contributed by atoms with E-state index in [1.807, 2.05) is 54.6 Å². The second-order valence-corrected chi connectivity index (χ2v) is 6.30. The number of rotatable bonds is 2. The minimum Gasteiger partial charge on any atom is -0.304 e. The van der Waals surface area contributed by atoms with E-state index in [0.29, 0.717) is 5.17 Å². The first-order valence-corrected chi connectivity index (χ1v) is 7.76. The molecule has 0 radical (unpaired) electrons. The predicted molar refractivity (Wildman–Crippen MR) is 86.2 cm³/mol. The summed E-state index contributed by atoms with van der Waals surface area (Å²) in [7, 11) is 0. The number of hydrogen-bond donors (Lipinski definition) is 1. The SMILES string of the molecule is O=C1NC(=Nc2ccc(Br)cc2)SC1c1ccccc1. The second kappa shape index (κ2) is 5.81. The van der Waals surface area contributed by atoms with Crippen LogP contribution >= 0.6 is 27.7 Å². The van der Waals surface area contributed by atoms with Crippen LogP contribution in [0.5, 0.6) is 0 Å². The summed E-state index contributed by atoms with van der Waals surface area (Å²) in [5.74, 6) is -0.0166. The summed E-state index contributed by atoms with van der Waals surface area (Å²) in [6.45, 7) is 0. The maximum Gasteiger partial charge on any atom is 0.244 e. The van der Waals surface area contributed by atoms with Crippen molar-refractivity contribution in [3.8, 4) is 0 Å². The molecular formula is C15H11BrN2OS. The fourth-order valence-corrected chi connectivity index (χ4v) is 3.16. The van der Waals surface area contributed by atoms with E-state index in [-0.39, 0.29) is 11.2 Å². The fraction of sp³-hybridized carbons (Fsp3) is 0.0667. The van der Waals surface area contributed by atoms with Crippen LogP contribution in [0.1, 0.15) is 10.8 Å². The lowest BCUT2D eigenvalue weighted by Crippen LogP contribution is -2.21. The van der Waals surface area contributed by atoms with Gasteiger partial charge >= 0.3 is 0 Å². The number of amidine groups is 1. The molecule has 5 heteroatoms. The molecule has 2 aromatic carbocycles. The lowest BCUT2D eigenvalue weighted by molar-refractivity contribution is -0.118. The van der Waals surface area contributed by atoms with E-state index in [0.717, 1.165) is 15.7 Å². The first-order chi connectivity index (χ1) is 9.72. The van der Waals surface area contributed by atoms with Gasteiger partial charge in [-0.05, 0) is 29.8 Å². The van der Waals surface area contributed by atoms with Crippen molar-refractivity contribution in [3.63, 3.8) is 0 Å². The molecule has 1 saturated heterocycles. The van der Waals surface area contributed by atoms with Gasteiger partial charge in [0.05, 0.1) is 5.69 Å². The summed E-state index contributed by atoms with van der Waals surface area (Å²) >= 11 is 4.83. The van der Waals surface area contributed by atoms with Gasteiger partial charge in [0.25, 0.3) is 0 Å². The highest BCUT2D eigenvalue weighted by Gasteiger charge is 2.31. The zero-order chi connectivity index (χ0) is 13.9. The molecule has 20 heavy (non-hydrogen) atoms. The van der Waals surface area contributed by atoms with Gasteiger partial charge in [0, 0.05) is 4.47 Å². The minimum absolute atomic E-state index is 0.0166.